The molecule has 0 bridgehead atoms. The van der Waals surface area contributed by atoms with Gasteiger partial charge in [0.2, 0.25) is 5.91 Å². The fourth-order valence-corrected chi connectivity index (χ4v) is 2.00. The molecule has 0 heterocycles. The van der Waals surface area contributed by atoms with Gasteiger partial charge in [0.1, 0.15) is 0 Å². The predicted molar refractivity (Wildman–Crippen MR) is 69.2 cm³/mol. The molecule has 0 unspecified atom stereocenters. The fraction of sp³-hybridized carbons (Fsp3) is 0.769. The van der Waals surface area contributed by atoms with Crippen LogP contribution in [0.25, 0.3) is 0 Å². The lowest BCUT2D eigenvalue weighted by molar-refractivity contribution is -0.923. The van der Waals surface area contributed by atoms with Crippen LogP contribution in [0.1, 0.15) is 33.6 Å². The number of carbonyl (C=O) groups is 1. The van der Waals surface area contributed by atoms with E-state index in [1.807, 2.05) is 0 Å². The van der Waals surface area contributed by atoms with Gasteiger partial charge in [0.05, 0.1) is 26.2 Å². The quantitative estimate of drug-likeness (QED) is 0.321. The number of nitrogens with zero attached hydrogens (tertiary/aromatic N) is 1. The number of hydrogen-bond acceptors (Lipinski definition) is 1. The van der Waals surface area contributed by atoms with Gasteiger partial charge in [-0.25, -0.2) is 0 Å². The summed E-state index contributed by atoms with van der Waals surface area (Å²) in [5.74, 6) is -0.0674. The molecular formula is C13H27ClN2O. The van der Waals surface area contributed by atoms with E-state index in [0.717, 1.165) is 13.0 Å². The molecule has 0 fully saturated rings. The highest BCUT2D eigenvalue weighted by Gasteiger charge is 2.19. The van der Waals surface area contributed by atoms with E-state index in [1.54, 1.807) is 0 Å². The maximum absolute atomic E-state index is 10.9. The Bertz CT molecular complexity index is 207. The summed E-state index contributed by atoms with van der Waals surface area (Å²) >= 11 is 0. The van der Waals surface area contributed by atoms with Crippen molar-refractivity contribution in [2.24, 2.45) is 0 Å². The average Bonchev–Trinajstić information content (AvgIpc) is 2.34. The molecule has 0 saturated carbocycles. The number of nitrogens with one attached hydrogen (secondary N) is 1. The van der Waals surface area contributed by atoms with Crippen molar-refractivity contribution in [1.82, 2.24) is 5.32 Å². The molecule has 0 spiro atoms. The first-order chi connectivity index (χ1) is 7.64. The zero-order valence-electron chi connectivity index (χ0n) is 11.5. The molecule has 0 rings (SSSR count). The normalized spacial score (nSPS) is 10.5. The number of unbranched alkanes of at least 4 members (excludes halogenated alkanes) is 1. The van der Waals surface area contributed by atoms with Crippen LogP contribution in [0.3, 0.4) is 0 Å². The average molecular weight is 263 g/mol. The molecule has 1 N–H and O–H groups in total. The van der Waals surface area contributed by atoms with E-state index in [4.69, 9.17) is 0 Å². The van der Waals surface area contributed by atoms with Gasteiger partial charge in [0.25, 0.3) is 0 Å². The Hall–Kier alpha value is -0.540. The minimum Gasteiger partial charge on any atom is -1.00 e. The second kappa shape index (κ2) is 10.6. The smallest absolute Gasteiger partial charge is 0.243 e. The number of halogens is 1. The third-order valence-electron chi connectivity index (χ3n) is 3.56. The van der Waals surface area contributed by atoms with Crippen LogP contribution in [0.5, 0.6) is 0 Å². The van der Waals surface area contributed by atoms with E-state index in [1.165, 1.54) is 43.2 Å². The molecule has 102 valence electrons. The topological polar surface area (TPSA) is 29.1 Å². The molecule has 0 aliphatic carbocycles. The lowest BCUT2D eigenvalue weighted by Gasteiger charge is -2.35. The molecule has 0 aliphatic heterocycles. The summed E-state index contributed by atoms with van der Waals surface area (Å²) in [7, 11) is 0. The Labute approximate surface area is 112 Å². The molecule has 0 aromatic carbocycles. The molecule has 0 aliphatic rings. The fourth-order valence-electron chi connectivity index (χ4n) is 2.00. The van der Waals surface area contributed by atoms with Crippen molar-refractivity contribution in [3.05, 3.63) is 12.7 Å². The van der Waals surface area contributed by atoms with Crippen LogP contribution in [0, 0.1) is 0 Å². The monoisotopic (exact) mass is 262 g/mol. The summed E-state index contributed by atoms with van der Waals surface area (Å²) in [6, 6.07) is 0. The second-order valence-electron chi connectivity index (χ2n) is 4.22. The largest absolute Gasteiger partial charge is 1.00 e. The van der Waals surface area contributed by atoms with Gasteiger partial charge in [-0.3, -0.25) is 4.79 Å². The van der Waals surface area contributed by atoms with Crippen LogP contribution in [-0.2, 0) is 4.79 Å². The standard InChI is InChI=1S/C13H26N2O.ClH/c1-5-13(16)14-11-9-10-12-15(6-2,7-3)8-4;/h5H,1,6-12H2,2-4H3;1H. The first-order valence-corrected chi connectivity index (χ1v) is 6.39. The summed E-state index contributed by atoms with van der Waals surface area (Å²) < 4.78 is 1.19. The molecule has 3 nitrogen and oxygen atoms in total. The number of hydrogen-bond donors (Lipinski definition) is 1. The van der Waals surface area contributed by atoms with Gasteiger partial charge in [-0.2, -0.15) is 0 Å². The van der Waals surface area contributed by atoms with Crippen LogP contribution < -0.4 is 17.7 Å². The van der Waals surface area contributed by atoms with Crippen molar-refractivity contribution in [3.8, 4) is 0 Å². The van der Waals surface area contributed by atoms with Gasteiger partial charge in [-0.15, -0.1) is 0 Å². The van der Waals surface area contributed by atoms with E-state index < -0.39 is 0 Å². The second-order valence-corrected chi connectivity index (χ2v) is 4.22. The van der Waals surface area contributed by atoms with Crippen molar-refractivity contribution in [1.29, 1.82) is 0 Å². The Morgan fingerprint density at radius 2 is 1.71 bits per heavy atom. The molecule has 0 saturated heterocycles. The highest BCUT2D eigenvalue weighted by atomic mass is 35.5. The van der Waals surface area contributed by atoms with Gasteiger partial charge in [0.15, 0.2) is 0 Å². The minimum absolute atomic E-state index is 0. The van der Waals surface area contributed by atoms with Crippen LogP contribution in [0.4, 0.5) is 0 Å². The predicted octanol–water partition coefficient (Wildman–Crippen LogP) is -1.05. The van der Waals surface area contributed by atoms with Gasteiger partial charge < -0.3 is 22.2 Å². The molecule has 17 heavy (non-hydrogen) atoms. The lowest BCUT2D eigenvalue weighted by atomic mass is 10.2. The molecule has 0 aromatic rings. The van der Waals surface area contributed by atoms with Crippen molar-refractivity contribution in [2.45, 2.75) is 33.6 Å². The van der Waals surface area contributed by atoms with Crippen LogP contribution in [0.15, 0.2) is 12.7 Å². The Balaban J connectivity index is 0. The minimum atomic E-state index is -0.0674. The Morgan fingerprint density at radius 1 is 1.18 bits per heavy atom. The maximum Gasteiger partial charge on any atom is 0.243 e. The third kappa shape index (κ3) is 7.40. The summed E-state index contributed by atoms with van der Waals surface area (Å²) in [4.78, 5) is 10.9. The maximum atomic E-state index is 10.9. The highest BCUT2D eigenvalue weighted by Crippen LogP contribution is 2.08. The summed E-state index contributed by atoms with van der Waals surface area (Å²) in [5, 5.41) is 2.81. The summed E-state index contributed by atoms with van der Waals surface area (Å²) in [6.07, 6.45) is 3.55. The van der Waals surface area contributed by atoms with E-state index in [-0.39, 0.29) is 18.3 Å². The first kappa shape index (κ1) is 18.8. The first-order valence-electron chi connectivity index (χ1n) is 6.39. The van der Waals surface area contributed by atoms with Crippen LogP contribution in [0.2, 0.25) is 0 Å². The van der Waals surface area contributed by atoms with Crippen LogP contribution >= 0.6 is 0 Å². The van der Waals surface area contributed by atoms with Crippen LogP contribution in [-0.4, -0.2) is 43.1 Å². The SMILES string of the molecule is C=CC(=O)NCCCC[N+](CC)(CC)CC.[Cl-]. The van der Waals surface area contributed by atoms with Crippen molar-refractivity contribution in [2.75, 3.05) is 32.7 Å². The molecule has 4 heteroatoms. The molecule has 0 radical (unpaired) electrons. The van der Waals surface area contributed by atoms with Gasteiger partial charge >= 0.3 is 0 Å². The number of quaternary nitrogens is 1. The summed E-state index contributed by atoms with van der Waals surface area (Å²) in [6.45, 7) is 15.8. The molecule has 0 atom stereocenters. The Morgan fingerprint density at radius 3 is 2.12 bits per heavy atom. The molecule has 0 aromatic heterocycles. The van der Waals surface area contributed by atoms with Gasteiger partial charge in [-0.1, -0.05) is 6.58 Å². The number of amides is 1. The zero-order chi connectivity index (χ0) is 12.4. The highest BCUT2D eigenvalue weighted by molar-refractivity contribution is 5.86. The Kier molecular flexibility index (Phi) is 11.7. The van der Waals surface area contributed by atoms with E-state index >= 15 is 0 Å². The summed E-state index contributed by atoms with van der Waals surface area (Å²) in [5.41, 5.74) is 0. The van der Waals surface area contributed by atoms with Gasteiger partial charge in [0, 0.05) is 6.54 Å². The van der Waals surface area contributed by atoms with Crippen molar-refractivity contribution < 1.29 is 21.7 Å². The van der Waals surface area contributed by atoms with Gasteiger partial charge in [-0.05, 0) is 39.7 Å². The van der Waals surface area contributed by atoms with Crippen molar-refractivity contribution >= 4 is 5.91 Å². The number of rotatable bonds is 9. The molecular weight excluding hydrogens is 236 g/mol. The third-order valence-corrected chi connectivity index (χ3v) is 3.56. The lowest BCUT2D eigenvalue weighted by Crippen LogP contribution is -3.00. The van der Waals surface area contributed by atoms with E-state index in [9.17, 15) is 4.79 Å². The van der Waals surface area contributed by atoms with E-state index in [0.29, 0.717) is 0 Å². The molecule has 1 amide bonds. The number of carbonyl (C=O) groups excluding carboxylic acids is 1. The van der Waals surface area contributed by atoms with E-state index in [2.05, 4.69) is 32.7 Å². The van der Waals surface area contributed by atoms with Crippen molar-refractivity contribution in [3.63, 3.8) is 0 Å². The zero-order valence-corrected chi connectivity index (χ0v) is 12.2.